The Bertz CT molecular complexity index is 1550. The fourth-order valence-corrected chi connectivity index (χ4v) is 5.32. The maximum Gasteiger partial charge on any atom is 0.303 e. The fourth-order valence-electron chi connectivity index (χ4n) is 5.32. The number of carbonyl (C=O) groups is 1. The number of carboxylic acids is 1. The van der Waals surface area contributed by atoms with E-state index in [0.29, 0.717) is 28.8 Å². The molecule has 8 heteroatoms. The van der Waals surface area contributed by atoms with E-state index in [9.17, 15) is 4.79 Å². The third kappa shape index (κ3) is 4.74. The molecule has 3 heterocycles. The number of aromatic amines is 1. The predicted octanol–water partition coefficient (Wildman–Crippen LogP) is 6.37. The second-order valence-corrected chi connectivity index (χ2v) is 9.71. The van der Waals surface area contributed by atoms with Crippen molar-refractivity contribution in [2.75, 3.05) is 0 Å². The van der Waals surface area contributed by atoms with Crippen LogP contribution in [0.4, 0.5) is 4.39 Å². The monoisotopic (exact) mass is 495 g/mol. The third-order valence-electron chi connectivity index (χ3n) is 7.32. The highest BCUT2D eigenvalue weighted by molar-refractivity contribution is 5.78. The van der Waals surface area contributed by atoms with Gasteiger partial charge in [0.15, 0.2) is 11.5 Å². The molecule has 1 aliphatic carbocycles. The average molecular weight is 496 g/mol. The summed E-state index contributed by atoms with van der Waals surface area (Å²) in [7, 11) is 0. The van der Waals surface area contributed by atoms with Crippen molar-refractivity contribution in [3.63, 3.8) is 0 Å². The summed E-state index contributed by atoms with van der Waals surface area (Å²) in [6, 6.07) is 19.0. The summed E-state index contributed by atoms with van der Waals surface area (Å²) in [6.45, 7) is 0. The summed E-state index contributed by atoms with van der Waals surface area (Å²) in [6.07, 6.45) is 7.68. The molecule has 7 nitrogen and oxygen atoms in total. The van der Waals surface area contributed by atoms with Crippen LogP contribution in [0.5, 0.6) is 0 Å². The number of hydrogen-bond donors (Lipinski definition) is 2. The minimum absolute atomic E-state index is 0.268. The molecule has 0 radical (unpaired) electrons. The van der Waals surface area contributed by atoms with E-state index in [1.807, 2.05) is 36.4 Å². The number of rotatable bonds is 6. The largest absolute Gasteiger partial charge is 0.481 e. The predicted molar refractivity (Wildman–Crippen MR) is 139 cm³/mol. The first-order valence-corrected chi connectivity index (χ1v) is 12.5. The van der Waals surface area contributed by atoms with Gasteiger partial charge in [0.2, 0.25) is 0 Å². The molecule has 1 saturated carbocycles. The molecule has 0 saturated heterocycles. The van der Waals surface area contributed by atoms with E-state index in [4.69, 9.17) is 5.11 Å². The molecule has 1 fully saturated rings. The van der Waals surface area contributed by atoms with E-state index in [2.05, 4.69) is 32.2 Å². The van der Waals surface area contributed by atoms with Crippen LogP contribution in [0.15, 0.2) is 73.1 Å². The lowest BCUT2D eigenvalue weighted by Gasteiger charge is -2.28. The van der Waals surface area contributed by atoms with Crippen LogP contribution in [0.1, 0.15) is 43.6 Å². The van der Waals surface area contributed by atoms with Gasteiger partial charge in [-0.3, -0.25) is 4.79 Å². The van der Waals surface area contributed by atoms with Crippen molar-refractivity contribution in [2.45, 2.75) is 38.0 Å². The van der Waals surface area contributed by atoms with Crippen LogP contribution >= 0.6 is 0 Å². The molecule has 1 aliphatic rings. The summed E-state index contributed by atoms with van der Waals surface area (Å²) in [5.41, 5.74) is 4.62. The molecular weight excluding hydrogens is 469 g/mol. The Morgan fingerprint density at radius 2 is 1.78 bits per heavy atom. The number of imidazole rings is 1. The number of aliphatic carboxylic acids is 1. The van der Waals surface area contributed by atoms with Crippen LogP contribution in [0.25, 0.3) is 39.5 Å². The standard InChI is InChI=1S/C29H26FN5O2/c30-24-17-22(21-8-6-20(7-9-21)19-4-2-18(3-5-19)16-27(36)37)10-11-23(24)28-32-25-12-13-26(33-29(25)34-28)35-15-1-14-31-35/h1,6-15,17-19H,2-5,16H2,(H,36,37)(H,32,33,34). The van der Waals surface area contributed by atoms with Gasteiger partial charge in [-0.05, 0) is 84.5 Å². The van der Waals surface area contributed by atoms with Gasteiger partial charge in [-0.15, -0.1) is 0 Å². The summed E-state index contributed by atoms with van der Waals surface area (Å²) >= 11 is 0. The first kappa shape index (κ1) is 23.1. The van der Waals surface area contributed by atoms with Gasteiger partial charge in [0.1, 0.15) is 11.6 Å². The Morgan fingerprint density at radius 1 is 1.00 bits per heavy atom. The second kappa shape index (κ2) is 9.61. The number of benzene rings is 2. The number of H-pyrrole nitrogens is 1. The Balaban J connectivity index is 1.19. The molecule has 6 rings (SSSR count). The zero-order valence-corrected chi connectivity index (χ0v) is 20.1. The number of aromatic nitrogens is 5. The van der Waals surface area contributed by atoms with Gasteiger partial charge in [0, 0.05) is 18.8 Å². The summed E-state index contributed by atoms with van der Waals surface area (Å²) < 4.78 is 16.9. The van der Waals surface area contributed by atoms with Gasteiger partial charge >= 0.3 is 5.97 Å². The van der Waals surface area contributed by atoms with Gasteiger partial charge < -0.3 is 10.1 Å². The molecule has 0 unspecified atom stereocenters. The molecule has 5 aromatic rings. The molecular formula is C29H26FN5O2. The van der Waals surface area contributed by atoms with Crippen molar-refractivity contribution in [3.05, 3.63) is 84.4 Å². The number of hydrogen-bond acceptors (Lipinski definition) is 4. The Labute approximate surface area is 213 Å². The minimum Gasteiger partial charge on any atom is -0.481 e. The maximum atomic E-state index is 15.2. The zero-order chi connectivity index (χ0) is 25.4. The molecule has 0 spiro atoms. The number of halogens is 1. The quantitative estimate of drug-likeness (QED) is 0.285. The highest BCUT2D eigenvalue weighted by atomic mass is 19.1. The Morgan fingerprint density at radius 3 is 2.49 bits per heavy atom. The van der Waals surface area contributed by atoms with E-state index in [-0.39, 0.29) is 18.2 Å². The molecule has 0 atom stereocenters. The van der Waals surface area contributed by atoms with Crippen molar-refractivity contribution in [3.8, 4) is 28.3 Å². The SMILES string of the molecule is O=C(O)CC1CCC(c2ccc(-c3ccc(-c4nc5nc(-n6cccn6)ccc5[nH]4)c(F)c3)cc2)CC1. The van der Waals surface area contributed by atoms with Crippen LogP contribution in [-0.2, 0) is 4.79 Å². The third-order valence-corrected chi connectivity index (χ3v) is 7.32. The number of carboxylic acid groups (broad SMARTS) is 1. The molecule has 37 heavy (non-hydrogen) atoms. The van der Waals surface area contributed by atoms with Gasteiger partial charge in [0.25, 0.3) is 0 Å². The Hall–Kier alpha value is -4.33. The van der Waals surface area contributed by atoms with Crippen molar-refractivity contribution in [1.82, 2.24) is 24.7 Å². The molecule has 3 aromatic heterocycles. The fraction of sp³-hybridized carbons (Fsp3) is 0.241. The lowest BCUT2D eigenvalue weighted by atomic mass is 9.77. The van der Waals surface area contributed by atoms with Crippen molar-refractivity contribution >= 4 is 17.1 Å². The van der Waals surface area contributed by atoms with Gasteiger partial charge in [-0.2, -0.15) is 5.10 Å². The molecule has 186 valence electrons. The summed E-state index contributed by atoms with van der Waals surface area (Å²) in [5, 5.41) is 13.2. The van der Waals surface area contributed by atoms with Crippen LogP contribution in [0.3, 0.4) is 0 Å². The van der Waals surface area contributed by atoms with E-state index in [0.717, 1.165) is 42.3 Å². The molecule has 2 aromatic carbocycles. The zero-order valence-electron chi connectivity index (χ0n) is 20.1. The molecule has 2 N–H and O–H groups in total. The lowest BCUT2D eigenvalue weighted by Crippen LogP contribution is -2.16. The number of fused-ring (bicyclic) bond motifs is 1. The summed E-state index contributed by atoms with van der Waals surface area (Å²) in [4.78, 5) is 23.2. The smallest absolute Gasteiger partial charge is 0.303 e. The highest BCUT2D eigenvalue weighted by Gasteiger charge is 2.24. The van der Waals surface area contributed by atoms with Gasteiger partial charge in [-0.1, -0.05) is 30.3 Å². The van der Waals surface area contributed by atoms with Crippen LogP contribution in [0, 0.1) is 11.7 Å². The Kier molecular flexibility index (Phi) is 6.00. The number of nitrogens with one attached hydrogen (secondary N) is 1. The molecule has 0 amide bonds. The topological polar surface area (TPSA) is 96.7 Å². The average Bonchev–Trinajstić information content (AvgIpc) is 3.59. The van der Waals surface area contributed by atoms with Crippen molar-refractivity contribution in [1.29, 1.82) is 0 Å². The first-order chi connectivity index (χ1) is 18.0. The van der Waals surface area contributed by atoms with Gasteiger partial charge in [0.05, 0.1) is 11.1 Å². The van der Waals surface area contributed by atoms with Crippen LogP contribution in [0.2, 0.25) is 0 Å². The normalized spacial score (nSPS) is 17.8. The second-order valence-electron chi connectivity index (χ2n) is 9.71. The highest BCUT2D eigenvalue weighted by Crippen LogP contribution is 2.38. The lowest BCUT2D eigenvalue weighted by molar-refractivity contribution is -0.138. The van der Waals surface area contributed by atoms with Crippen molar-refractivity contribution in [2.24, 2.45) is 5.92 Å². The van der Waals surface area contributed by atoms with E-state index in [1.165, 1.54) is 11.6 Å². The first-order valence-electron chi connectivity index (χ1n) is 12.5. The molecule has 0 bridgehead atoms. The maximum absolute atomic E-state index is 15.2. The minimum atomic E-state index is -0.706. The molecule has 0 aliphatic heterocycles. The number of nitrogens with zero attached hydrogens (tertiary/aromatic N) is 4. The van der Waals surface area contributed by atoms with Crippen LogP contribution < -0.4 is 0 Å². The number of pyridine rings is 1. The van der Waals surface area contributed by atoms with Crippen LogP contribution in [-0.4, -0.2) is 35.8 Å². The van der Waals surface area contributed by atoms with Crippen molar-refractivity contribution < 1.29 is 14.3 Å². The van der Waals surface area contributed by atoms with E-state index in [1.54, 1.807) is 23.1 Å². The summed E-state index contributed by atoms with van der Waals surface area (Å²) in [5.74, 6) is 0.748. The van der Waals surface area contributed by atoms with Gasteiger partial charge in [-0.25, -0.2) is 19.0 Å². The van der Waals surface area contributed by atoms with E-state index < -0.39 is 5.97 Å². The van der Waals surface area contributed by atoms with E-state index >= 15 is 4.39 Å².